The number of nitrogens with zero attached hydrogens (tertiary/aromatic N) is 2. The monoisotopic (exact) mass is 404 g/mol. The van der Waals surface area contributed by atoms with Gasteiger partial charge < -0.3 is 0 Å². The van der Waals surface area contributed by atoms with E-state index < -0.39 is 15.8 Å². The lowest BCUT2D eigenvalue weighted by atomic mass is 10.0. The molecule has 0 unspecified atom stereocenters. The van der Waals surface area contributed by atoms with E-state index in [4.69, 9.17) is 11.6 Å². The van der Waals surface area contributed by atoms with Crippen molar-refractivity contribution >= 4 is 32.5 Å². The summed E-state index contributed by atoms with van der Waals surface area (Å²) in [5.41, 5.74) is 2.33. The minimum absolute atomic E-state index is 0.0220. The van der Waals surface area contributed by atoms with Gasteiger partial charge >= 0.3 is 0 Å². The lowest BCUT2D eigenvalue weighted by Crippen LogP contribution is -2.27. The normalized spacial score (nSPS) is 15.5. The zero-order valence-corrected chi connectivity index (χ0v) is 16.3. The van der Waals surface area contributed by atoms with E-state index in [1.165, 1.54) is 16.4 Å². The molecule has 1 saturated heterocycles. The molecule has 140 valence electrons. The van der Waals surface area contributed by atoms with E-state index in [1.54, 1.807) is 18.2 Å². The predicted molar refractivity (Wildman–Crippen MR) is 105 cm³/mol. The molecule has 0 N–H and O–H groups in total. The third-order valence-corrected chi connectivity index (χ3v) is 7.03. The summed E-state index contributed by atoms with van der Waals surface area (Å²) >= 11 is 6.05. The SMILES string of the molecule is Cc1cc(-c2ccc(S(=O)(=O)N3CCCC3)cc2F)nc2cc(Cl)ccc12. The minimum Gasteiger partial charge on any atom is -0.248 e. The van der Waals surface area contributed by atoms with Gasteiger partial charge in [0, 0.05) is 29.1 Å². The van der Waals surface area contributed by atoms with Crippen LogP contribution in [0, 0.1) is 12.7 Å². The van der Waals surface area contributed by atoms with Crippen LogP contribution in [0.5, 0.6) is 0 Å². The number of hydrogen-bond donors (Lipinski definition) is 0. The van der Waals surface area contributed by atoms with Crippen LogP contribution < -0.4 is 0 Å². The molecule has 4 nitrogen and oxygen atoms in total. The third kappa shape index (κ3) is 3.33. The minimum atomic E-state index is -3.65. The van der Waals surface area contributed by atoms with Crippen LogP contribution in [0.25, 0.3) is 22.2 Å². The molecule has 1 aliphatic heterocycles. The van der Waals surface area contributed by atoms with Gasteiger partial charge in [-0.3, -0.25) is 0 Å². The molecular weight excluding hydrogens is 387 g/mol. The van der Waals surface area contributed by atoms with Gasteiger partial charge in [0.05, 0.1) is 16.1 Å². The van der Waals surface area contributed by atoms with E-state index in [2.05, 4.69) is 4.98 Å². The average molecular weight is 405 g/mol. The maximum Gasteiger partial charge on any atom is 0.243 e. The van der Waals surface area contributed by atoms with Crippen LogP contribution in [0.15, 0.2) is 47.4 Å². The summed E-state index contributed by atoms with van der Waals surface area (Å²) in [7, 11) is -3.65. The van der Waals surface area contributed by atoms with Gasteiger partial charge in [0.15, 0.2) is 0 Å². The summed E-state index contributed by atoms with van der Waals surface area (Å²) in [6, 6.07) is 11.2. The second kappa shape index (κ2) is 6.86. The van der Waals surface area contributed by atoms with Crippen LogP contribution in [-0.4, -0.2) is 30.8 Å². The molecule has 1 aromatic heterocycles. The highest BCUT2D eigenvalue weighted by Crippen LogP contribution is 2.30. The fraction of sp³-hybridized carbons (Fsp3) is 0.250. The first-order valence-electron chi connectivity index (χ1n) is 8.73. The Morgan fingerprint density at radius 1 is 1.07 bits per heavy atom. The number of sulfonamides is 1. The molecule has 7 heteroatoms. The fourth-order valence-electron chi connectivity index (χ4n) is 3.46. The number of benzene rings is 2. The molecule has 27 heavy (non-hydrogen) atoms. The zero-order chi connectivity index (χ0) is 19.2. The molecule has 0 radical (unpaired) electrons. The molecular formula is C20H18ClFN2O2S. The summed E-state index contributed by atoms with van der Waals surface area (Å²) in [6.45, 7) is 2.89. The Bertz CT molecular complexity index is 1140. The topological polar surface area (TPSA) is 50.3 Å². The summed E-state index contributed by atoms with van der Waals surface area (Å²) in [4.78, 5) is 4.49. The van der Waals surface area contributed by atoms with E-state index in [0.29, 0.717) is 29.3 Å². The summed E-state index contributed by atoms with van der Waals surface area (Å²) in [6.07, 6.45) is 1.67. The number of fused-ring (bicyclic) bond motifs is 1. The van der Waals surface area contributed by atoms with Crippen molar-refractivity contribution in [3.8, 4) is 11.3 Å². The number of aromatic nitrogens is 1. The lowest BCUT2D eigenvalue weighted by Gasteiger charge is -2.16. The van der Waals surface area contributed by atoms with Crippen LogP contribution in [0.1, 0.15) is 18.4 Å². The van der Waals surface area contributed by atoms with Crippen LogP contribution >= 0.6 is 11.6 Å². The zero-order valence-electron chi connectivity index (χ0n) is 14.7. The molecule has 0 amide bonds. The van der Waals surface area contributed by atoms with Crippen molar-refractivity contribution in [3.63, 3.8) is 0 Å². The molecule has 1 aliphatic rings. The van der Waals surface area contributed by atoms with Gasteiger partial charge in [0.25, 0.3) is 0 Å². The van der Waals surface area contributed by atoms with Gasteiger partial charge in [-0.15, -0.1) is 0 Å². The van der Waals surface area contributed by atoms with E-state index in [9.17, 15) is 12.8 Å². The fourth-order valence-corrected chi connectivity index (χ4v) is 5.15. The van der Waals surface area contributed by atoms with E-state index in [0.717, 1.165) is 29.9 Å². The standard InChI is InChI=1S/C20H18ClFN2O2S/c1-13-10-19(23-20-11-14(21)4-6-16(13)20)17-7-5-15(12-18(17)22)27(25,26)24-8-2-3-9-24/h4-7,10-12H,2-3,8-9H2,1H3. The first-order chi connectivity index (χ1) is 12.9. The summed E-state index contributed by atoms with van der Waals surface area (Å²) < 4.78 is 41.5. The highest BCUT2D eigenvalue weighted by Gasteiger charge is 2.28. The Morgan fingerprint density at radius 2 is 1.81 bits per heavy atom. The Hall–Kier alpha value is -2.02. The van der Waals surface area contributed by atoms with Gasteiger partial charge in [-0.25, -0.2) is 17.8 Å². The number of pyridine rings is 1. The van der Waals surface area contributed by atoms with Crippen molar-refractivity contribution < 1.29 is 12.8 Å². The summed E-state index contributed by atoms with van der Waals surface area (Å²) in [5.74, 6) is -0.608. The quantitative estimate of drug-likeness (QED) is 0.630. The Morgan fingerprint density at radius 3 is 2.52 bits per heavy atom. The molecule has 2 heterocycles. The van der Waals surface area contributed by atoms with Crippen LogP contribution in [0.3, 0.4) is 0 Å². The number of aryl methyl sites for hydroxylation is 1. The van der Waals surface area contributed by atoms with E-state index in [1.807, 2.05) is 13.0 Å². The van der Waals surface area contributed by atoms with Crippen molar-refractivity contribution in [2.45, 2.75) is 24.7 Å². The van der Waals surface area contributed by atoms with Crippen molar-refractivity contribution in [1.82, 2.24) is 9.29 Å². The van der Waals surface area contributed by atoms with E-state index in [-0.39, 0.29) is 10.5 Å². The van der Waals surface area contributed by atoms with Gasteiger partial charge in [0.1, 0.15) is 5.82 Å². The van der Waals surface area contributed by atoms with Gasteiger partial charge in [0.2, 0.25) is 10.0 Å². The maximum absolute atomic E-state index is 14.8. The predicted octanol–water partition coefficient (Wildman–Crippen LogP) is 4.79. The molecule has 0 aliphatic carbocycles. The first kappa shape index (κ1) is 18.3. The van der Waals surface area contributed by atoms with Crippen LogP contribution in [0.2, 0.25) is 5.02 Å². The lowest BCUT2D eigenvalue weighted by molar-refractivity contribution is 0.476. The number of hydrogen-bond acceptors (Lipinski definition) is 3. The average Bonchev–Trinajstić information content (AvgIpc) is 3.16. The highest BCUT2D eigenvalue weighted by atomic mass is 35.5. The number of halogens is 2. The van der Waals surface area contributed by atoms with Crippen molar-refractivity contribution in [2.24, 2.45) is 0 Å². The molecule has 1 fully saturated rings. The molecule has 4 rings (SSSR count). The highest BCUT2D eigenvalue weighted by molar-refractivity contribution is 7.89. The maximum atomic E-state index is 14.8. The van der Waals surface area contributed by atoms with E-state index >= 15 is 0 Å². The molecule has 0 spiro atoms. The molecule has 2 aromatic carbocycles. The van der Waals surface area contributed by atoms with Crippen molar-refractivity contribution in [1.29, 1.82) is 0 Å². The Kier molecular flexibility index (Phi) is 4.66. The summed E-state index contributed by atoms with van der Waals surface area (Å²) in [5, 5.41) is 1.50. The van der Waals surface area contributed by atoms with Crippen molar-refractivity contribution in [3.05, 3.63) is 58.9 Å². The Balaban J connectivity index is 1.78. The number of rotatable bonds is 3. The molecule has 0 saturated carbocycles. The van der Waals surface area contributed by atoms with Crippen LogP contribution in [0.4, 0.5) is 4.39 Å². The molecule has 3 aromatic rings. The first-order valence-corrected chi connectivity index (χ1v) is 10.5. The van der Waals surface area contributed by atoms with Crippen molar-refractivity contribution in [2.75, 3.05) is 13.1 Å². The van der Waals surface area contributed by atoms with Crippen LogP contribution in [-0.2, 0) is 10.0 Å². The molecule has 0 bridgehead atoms. The smallest absolute Gasteiger partial charge is 0.243 e. The largest absolute Gasteiger partial charge is 0.248 e. The second-order valence-electron chi connectivity index (χ2n) is 6.74. The third-order valence-electron chi connectivity index (χ3n) is 4.90. The van der Waals surface area contributed by atoms with Gasteiger partial charge in [-0.2, -0.15) is 4.31 Å². The molecule has 0 atom stereocenters. The second-order valence-corrected chi connectivity index (χ2v) is 9.11. The van der Waals surface area contributed by atoms with Gasteiger partial charge in [-0.05, 0) is 61.7 Å². The van der Waals surface area contributed by atoms with Gasteiger partial charge in [-0.1, -0.05) is 17.7 Å². The Labute approximate surface area is 162 Å².